The van der Waals surface area contributed by atoms with Gasteiger partial charge in [-0.1, -0.05) is 18.2 Å². The highest BCUT2D eigenvalue weighted by molar-refractivity contribution is 6.10. The van der Waals surface area contributed by atoms with Crippen LogP contribution in [0.4, 0.5) is 13.2 Å². The van der Waals surface area contributed by atoms with Crippen molar-refractivity contribution in [2.45, 2.75) is 12.6 Å². The first-order chi connectivity index (χ1) is 10.3. The van der Waals surface area contributed by atoms with Gasteiger partial charge in [0.05, 0.1) is 19.8 Å². The molecule has 1 fully saturated rings. The highest BCUT2D eigenvalue weighted by Gasteiger charge is 2.64. The summed E-state index contributed by atoms with van der Waals surface area (Å²) in [6.07, 6.45) is -2.78. The number of esters is 2. The molecule has 0 atom stereocenters. The van der Waals surface area contributed by atoms with E-state index in [4.69, 9.17) is 0 Å². The zero-order valence-electron chi connectivity index (χ0n) is 11.9. The van der Waals surface area contributed by atoms with Crippen LogP contribution in [0.1, 0.15) is 17.5 Å². The fraction of sp³-hybridized carbons (Fsp3) is 0.333. The van der Waals surface area contributed by atoms with Crippen molar-refractivity contribution in [2.75, 3.05) is 14.2 Å². The van der Waals surface area contributed by atoms with Gasteiger partial charge in [0.25, 0.3) is 0 Å². The first-order valence-corrected chi connectivity index (χ1v) is 6.31. The molecule has 2 rings (SSSR count). The van der Waals surface area contributed by atoms with Crippen LogP contribution in [0.15, 0.2) is 29.8 Å². The number of hydrogen-bond donors (Lipinski definition) is 0. The van der Waals surface area contributed by atoms with Gasteiger partial charge in [0.1, 0.15) is 0 Å². The van der Waals surface area contributed by atoms with Gasteiger partial charge >= 0.3 is 18.1 Å². The molecule has 7 heteroatoms. The third-order valence-corrected chi connectivity index (χ3v) is 3.53. The maximum absolute atomic E-state index is 12.5. The van der Waals surface area contributed by atoms with Crippen LogP contribution in [-0.4, -0.2) is 26.2 Å². The van der Waals surface area contributed by atoms with Crippen molar-refractivity contribution in [2.24, 2.45) is 5.41 Å². The molecule has 1 aliphatic rings. The Morgan fingerprint density at radius 2 is 1.59 bits per heavy atom. The molecule has 0 heterocycles. The Morgan fingerprint density at radius 1 is 1.09 bits per heavy atom. The number of methoxy groups -OCH3 is 2. The molecule has 0 aliphatic heterocycles. The number of carbonyl (C=O) groups excluding carboxylic acids is 2. The molecule has 1 saturated carbocycles. The second kappa shape index (κ2) is 5.47. The summed E-state index contributed by atoms with van der Waals surface area (Å²) in [5.74, 6) is -1.48. The van der Waals surface area contributed by atoms with Crippen LogP contribution in [0.3, 0.4) is 0 Å². The molecule has 0 saturated heterocycles. The molecule has 1 aliphatic carbocycles. The van der Waals surface area contributed by atoms with Crippen molar-refractivity contribution in [3.05, 3.63) is 41.0 Å². The van der Waals surface area contributed by atoms with Crippen LogP contribution in [0, 0.1) is 5.41 Å². The van der Waals surface area contributed by atoms with E-state index in [2.05, 4.69) is 9.47 Å². The first-order valence-electron chi connectivity index (χ1n) is 6.31. The molecule has 1 aromatic rings. The molecule has 118 valence electrons. The molecule has 4 nitrogen and oxygen atoms in total. The van der Waals surface area contributed by atoms with Crippen molar-refractivity contribution >= 4 is 18.0 Å². The molecule has 22 heavy (non-hydrogen) atoms. The second-order valence-corrected chi connectivity index (χ2v) is 4.85. The summed E-state index contributed by atoms with van der Waals surface area (Å²) in [7, 11) is 2.31. The molecule has 0 unspecified atom stereocenters. The van der Waals surface area contributed by atoms with Crippen molar-refractivity contribution in [3.8, 4) is 0 Å². The van der Waals surface area contributed by atoms with E-state index in [-0.39, 0.29) is 6.42 Å². The van der Waals surface area contributed by atoms with Crippen LogP contribution in [0.25, 0.3) is 6.08 Å². The van der Waals surface area contributed by atoms with E-state index in [1.807, 2.05) is 0 Å². The lowest BCUT2D eigenvalue weighted by Gasteiger charge is -2.09. The van der Waals surface area contributed by atoms with Gasteiger partial charge in [-0.2, -0.15) is 13.2 Å². The van der Waals surface area contributed by atoms with Crippen LogP contribution in [0.5, 0.6) is 0 Å². The third kappa shape index (κ3) is 2.70. The van der Waals surface area contributed by atoms with Gasteiger partial charge in [-0.05, 0) is 23.3 Å². The number of benzene rings is 1. The molecule has 0 bridgehead atoms. The van der Waals surface area contributed by atoms with E-state index >= 15 is 0 Å². The lowest BCUT2D eigenvalue weighted by atomic mass is 10.0. The standard InChI is InChI=1S/C15H13F3O4/c1-21-12(19)14(13(20)22-2)8-11(14)7-9-3-5-10(6-4-9)15(16,17)18/h3-7H,8H2,1-2H3/b11-7-. The summed E-state index contributed by atoms with van der Waals surface area (Å²) in [6, 6.07) is 4.42. The predicted molar refractivity (Wildman–Crippen MR) is 70.5 cm³/mol. The highest BCUT2D eigenvalue weighted by Crippen LogP contribution is 2.54. The maximum Gasteiger partial charge on any atom is 0.416 e. The molecular formula is C15H13F3O4. The van der Waals surface area contributed by atoms with Crippen molar-refractivity contribution in [1.82, 2.24) is 0 Å². The monoisotopic (exact) mass is 314 g/mol. The van der Waals surface area contributed by atoms with E-state index in [0.717, 1.165) is 26.4 Å². The lowest BCUT2D eigenvalue weighted by molar-refractivity contribution is -0.160. The summed E-state index contributed by atoms with van der Waals surface area (Å²) >= 11 is 0. The van der Waals surface area contributed by atoms with E-state index in [9.17, 15) is 22.8 Å². The zero-order chi connectivity index (χ0) is 16.5. The number of hydrogen-bond acceptors (Lipinski definition) is 4. The Hall–Kier alpha value is -2.31. The van der Waals surface area contributed by atoms with Gasteiger partial charge in [-0.25, -0.2) is 0 Å². The molecule has 1 aromatic carbocycles. The number of ether oxygens (including phenoxy) is 2. The SMILES string of the molecule is COC(=O)C1(C(=O)OC)C/C1=C/c1ccc(C(F)(F)F)cc1. The summed E-state index contributed by atoms with van der Waals surface area (Å²) in [6.45, 7) is 0. The molecule has 0 N–H and O–H groups in total. The average Bonchev–Trinajstić information content (AvgIpc) is 3.20. The Bertz CT molecular complexity index is 613. The first kappa shape index (κ1) is 16.1. The van der Waals surface area contributed by atoms with Crippen LogP contribution in [-0.2, 0) is 25.2 Å². The predicted octanol–water partition coefficient (Wildman–Crippen LogP) is 2.82. The average molecular weight is 314 g/mol. The van der Waals surface area contributed by atoms with E-state index < -0.39 is 29.1 Å². The van der Waals surface area contributed by atoms with Crippen molar-refractivity contribution in [3.63, 3.8) is 0 Å². The normalized spacial score (nSPS) is 18.0. The van der Waals surface area contributed by atoms with Crippen LogP contribution in [0.2, 0.25) is 0 Å². The Morgan fingerprint density at radius 3 is 2.00 bits per heavy atom. The van der Waals surface area contributed by atoms with Crippen molar-refractivity contribution in [1.29, 1.82) is 0 Å². The van der Waals surface area contributed by atoms with E-state index in [0.29, 0.717) is 11.1 Å². The Balaban J connectivity index is 2.27. The zero-order valence-corrected chi connectivity index (χ0v) is 11.9. The topological polar surface area (TPSA) is 52.6 Å². The summed E-state index contributed by atoms with van der Waals surface area (Å²) < 4.78 is 46.7. The van der Waals surface area contributed by atoms with Gasteiger partial charge in [0.2, 0.25) is 0 Å². The van der Waals surface area contributed by atoms with Gasteiger partial charge in [-0.15, -0.1) is 0 Å². The summed E-state index contributed by atoms with van der Waals surface area (Å²) in [5.41, 5.74) is -1.33. The van der Waals surface area contributed by atoms with Crippen molar-refractivity contribution < 1.29 is 32.2 Å². The van der Waals surface area contributed by atoms with E-state index in [1.165, 1.54) is 18.2 Å². The Kier molecular flexibility index (Phi) is 4.00. The summed E-state index contributed by atoms with van der Waals surface area (Å²) in [5, 5.41) is 0. The van der Waals surface area contributed by atoms with Gasteiger partial charge in [-0.3, -0.25) is 9.59 Å². The fourth-order valence-corrected chi connectivity index (χ4v) is 2.22. The smallest absolute Gasteiger partial charge is 0.416 e. The lowest BCUT2D eigenvalue weighted by Crippen LogP contribution is -2.28. The van der Waals surface area contributed by atoms with E-state index in [1.54, 1.807) is 0 Å². The van der Waals surface area contributed by atoms with Crippen LogP contribution >= 0.6 is 0 Å². The molecule has 0 radical (unpaired) electrons. The molecule has 0 aromatic heterocycles. The third-order valence-electron chi connectivity index (χ3n) is 3.53. The number of rotatable bonds is 3. The van der Waals surface area contributed by atoms with Crippen LogP contribution < -0.4 is 0 Å². The highest BCUT2D eigenvalue weighted by atomic mass is 19.4. The molecular weight excluding hydrogens is 301 g/mol. The number of alkyl halides is 3. The minimum absolute atomic E-state index is 0.132. The van der Waals surface area contributed by atoms with Gasteiger partial charge < -0.3 is 9.47 Å². The largest absolute Gasteiger partial charge is 0.468 e. The number of carbonyl (C=O) groups is 2. The molecule has 0 amide bonds. The number of halogens is 3. The minimum Gasteiger partial charge on any atom is -0.468 e. The quantitative estimate of drug-likeness (QED) is 0.636. The Labute approximate surface area is 124 Å². The van der Waals surface area contributed by atoms with Gasteiger partial charge in [0, 0.05) is 6.42 Å². The van der Waals surface area contributed by atoms with Gasteiger partial charge in [0.15, 0.2) is 5.41 Å². The fourth-order valence-electron chi connectivity index (χ4n) is 2.22. The second-order valence-electron chi connectivity index (χ2n) is 4.85. The maximum atomic E-state index is 12.5. The summed E-state index contributed by atoms with van der Waals surface area (Å²) in [4.78, 5) is 23.5. The molecule has 0 spiro atoms. The minimum atomic E-state index is -4.41.